The van der Waals surface area contributed by atoms with Gasteiger partial charge in [0, 0.05) is 25.0 Å². The summed E-state index contributed by atoms with van der Waals surface area (Å²) in [6, 6.07) is 5.17. The summed E-state index contributed by atoms with van der Waals surface area (Å²) in [6.45, 7) is 1.21. The molecular weight excluding hydrogens is 296 g/mol. The Kier molecular flexibility index (Phi) is 4.65. The number of nitrogens with zero attached hydrogens (tertiary/aromatic N) is 4. The maximum Gasteiger partial charge on any atom is 0.259 e. The molecule has 2 aromatic heterocycles. The maximum atomic E-state index is 12.7. The molecule has 0 spiro atoms. The van der Waals surface area contributed by atoms with Gasteiger partial charge in [-0.15, -0.1) is 0 Å². The van der Waals surface area contributed by atoms with E-state index in [2.05, 4.69) is 15.0 Å². The molecule has 23 heavy (non-hydrogen) atoms. The average Bonchev–Trinajstić information content (AvgIpc) is 2.62. The van der Waals surface area contributed by atoms with Crippen molar-refractivity contribution in [2.75, 3.05) is 20.2 Å². The van der Waals surface area contributed by atoms with Gasteiger partial charge in [-0.25, -0.2) is 15.0 Å². The number of aromatic nitrogens is 3. The van der Waals surface area contributed by atoms with Gasteiger partial charge in [0.15, 0.2) is 0 Å². The normalized spacial score (nSPS) is 17.6. The average molecular weight is 314 g/mol. The molecule has 1 atom stereocenters. The predicted octanol–water partition coefficient (Wildman–Crippen LogP) is 1.56. The Morgan fingerprint density at radius 1 is 1.30 bits per heavy atom. The van der Waals surface area contributed by atoms with Crippen LogP contribution >= 0.6 is 0 Å². The number of hydrogen-bond donors (Lipinski definition) is 0. The van der Waals surface area contributed by atoms with Gasteiger partial charge in [-0.2, -0.15) is 0 Å². The molecule has 1 aliphatic rings. The lowest BCUT2D eigenvalue weighted by atomic mass is 10.1. The predicted molar refractivity (Wildman–Crippen MR) is 82.4 cm³/mol. The van der Waals surface area contributed by atoms with Gasteiger partial charge in [0.05, 0.1) is 13.7 Å². The van der Waals surface area contributed by atoms with Gasteiger partial charge in [-0.05, 0) is 25.0 Å². The molecular formula is C16H18N4O3. The van der Waals surface area contributed by atoms with Crippen LogP contribution in [0.15, 0.2) is 36.9 Å². The highest BCUT2D eigenvalue weighted by Gasteiger charge is 2.27. The molecule has 1 saturated heterocycles. The van der Waals surface area contributed by atoms with Crippen LogP contribution < -0.4 is 9.47 Å². The Labute approximate surface area is 134 Å². The molecule has 3 rings (SSSR count). The van der Waals surface area contributed by atoms with Crippen LogP contribution in [0.25, 0.3) is 0 Å². The van der Waals surface area contributed by atoms with E-state index >= 15 is 0 Å². The summed E-state index contributed by atoms with van der Waals surface area (Å²) in [5.74, 6) is 0.778. The standard InChI is InChI=1S/C16H18N4O3/c1-22-15-13(5-2-7-18-15)16(21)20-9-3-4-12(10-20)23-14-6-8-17-11-19-14/h2,5-8,11-12H,3-4,9-10H2,1H3/t12-/m1/s1. The quantitative estimate of drug-likeness (QED) is 0.852. The van der Waals surface area contributed by atoms with Crippen LogP contribution in [-0.2, 0) is 0 Å². The number of pyridine rings is 1. The van der Waals surface area contributed by atoms with Crippen LogP contribution in [0.2, 0.25) is 0 Å². The minimum Gasteiger partial charge on any atom is -0.480 e. The topological polar surface area (TPSA) is 77.4 Å². The number of carbonyl (C=O) groups excluding carboxylic acids is 1. The van der Waals surface area contributed by atoms with E-state index in [1.54, 1.807) is 35.5 Å². The molecule has 1 fully saturated rings. The van der Waals surface area contributed by atoms with Gasteiger partial charge in [0.25, 0.3) is 5.91 Å². The third kappa shape index (κ3) is 3.56. The molecule has 120 valence electrons. The first-order chi connectivity index (χ1) is 11.3. The first-order valence-electron chi connectivity index (χ1n) is 7.49. The van der Waals surface area contributed by atoms with Crippen molar-refractivity contribution in [2.24, 2.45) is 0 Å². The van der Waals surface area contributed by atoms with Crippen molar-refractivity contribution < 1.29 is 14.3 Å². The van der Waals surface area contributed by atoms with E-state index in [1.807, 2.05) is 0 Å². The van der Waals surface area contributed by atoms with Gasteiger partial charge >= 0.3 is 0 Å². The van der Waals surface area contributed by atoms with E-state index in [-0.39, 0.29) is 12.0 Å². The molecule has 0 saturated carbocycles. The molecule has 0 unspecified atom stereocenters. The van der Waals surface area contributed by atoms with Crippen molar-refractivity contribution in [1.29, 1.82) is 0 Å². The number of carbonyl (C=O) groups is 1. The summed E-state index contributed by atoms with van der Waals surface area (Å²) < 4.78 is 11.0. The zero-order valence-corrected chi connectivity index (χ0v) is 12.9. The highest BCUT2D eigenvalue weighted by Crippen LogP contribution is 2.21. The highest BCUT2D eigenvalue weighted by atomic mass is 16.5. The highest BCUT2D eigenvalue weighted by molar-refractivity contribution is 5.96. The van der Waals surface area contributed by atoms with E-state index in [9.17, 15) is 4.79 Å². The zero-order valence-electron chi connectivity index (χ0n) is 12.9. The fourth-order valence-corrected chi connectivity index (χ4v) is 2.62. The molecule has 7 nitrogen and oxygen atoms in total. The van der Waals surface area contributed by atoms with E-state index in [0.717, 1.165) is 12.8 Å². The first-order valence-corrected chi connectivity index (χ1v) is 7.49. The van der Waals surface area contributed by atoms with Crippen molar-refractivity contribution in [3.8, 4) is 11.8 Å². The third-order valence-electron chi connectivity index (χ3n) is 3.70. The molecule has 1 aliphatic heterocycles. The van der Waals surface area contributed by atoms with Crippen LogP contribution in [0.3, 0.4) is 0 Å². The lowest BCUT2D eigenvalue weighted by molar-refractivity contribution is 0.0524. The maximum absolute atomic E-state index is 12.7. The minimum absolute atomic E-state index is 0.0785. The van der Waals surface area contributed by atoms with Crippen molar-refractivity contribution in [3.63, 3.8) is 0 Å². The third-order valence-corrected chi connectivity index (χ3v) is 3.70. The van der Waals surface area contributed by atoms with E-state index in [4.69, 9.17) is 9.47 Å². The van der Waals surface area contributed by atoms with E-state index in [1.165, 1.54) is 13.4 Å². The SMILES string of the molecule is COc1ncccc1C(=O)N1CCC[C@@H](Oc2ccncn2)C1. The summed E-state index contributed by atoms with van der Waals surface area (Å²) >= 11 is 0. The van der Waals surface area contributed by atoms with Crippen molar-refractivity contribution >= 4 is 5.91 Å². The number of hydrogen-bond acceptors (Lipinski definition) is 6. The summed E-state index contributed by atoms with van der Waals surface area (Å²) in [4.78, 5) is 26.5. The van der Waals surface area contributed by atoms with Crippen molar-refractivity contribution in [2.45, 2.75) is 18.9 Å². The number of methoxy groups -OCH3 is 1. The molecule has 0 N–H and O–H groups in total. The number of likely N-dealkylation sites (tertiary alicyclic amines) is 1. The van der Waals surface area contributed by atoms with Gasteiger partial charge in [-0.3, -0.25) is 4.79 Å². The van der Waals surface area contributed by atoms with Gasteiger partial charge in [0.2, 0.25) is 11.8 Å². The molecule has 7 heteroatoms. The second kappa shape index (κ2) is 7.04. The molecule has 3 heterocycles. The molecule has 0 aromatic carbocycles. The first kappa shape index (κ1) is 15.2. The Bertz CT molecular complexity index is 665. The van der Waals surface area contributed by atoms with Crippen LogP contribution in [0.1, 0.15) is 23.2 Å². The molecule has 2 aromatic rings. The lowest BCUT2D eigenvalue weighted by Gasteiger charge is -2.32. The van der Waals surface area contributed by atoms with Gasteiger partial charge in [0.1, 0.15) is 18.0 Å². The molecule has 1 amide bonds. The summed E-state index contributed by atoms with van der Waals surface area (Å²) in [6.07, 6.45) is 6.37. The lowest BCUT2D eigenvalue weighted by Crippen LogP contribution is -2.44. The largest absolute Gasteiger partial charge is 0.480 e. The summed E-state index contributed by atoms with van der Waals surface area (Å²) in [5, 5.41) is 0. The van der Waals surface area contributed by atoms with Crippen LogP contribution in [0.4, 0.5) is 0 Å². The molecule has 0 aliphatic carbocycles. The summed E-state index contributed by atoms with van der Waals surface area (Å²) in [5.41, 5.74) is 0.470. The van der Waals surface area contributed by atoms with Gasteiger partial charge in [-0.1, -0.05) is 0 Å². The fourth-order valence-electron chi connectivity index (χ4n) is 2.62. The Morgan fingerprint density at radius 2 is 2.22 bits per heavy atom. The monoisotopic (exact) mass is 314 g/mol. The molecule has 0 bridgehead atoms. The second-order valence-electron chi connectivity index (χ2n) is 5.24. The number of amides is 1. The number of piperidine rings is 1. The Hall–Kier alpha value is -2.70. The van der Waals surface area contributed by atoms with Crippen LogP contribution in [0.5, 0.6) is 11.8 Å². The second-order valence-corrected chi connectivity index (χ2v) is 5.24. The van der Waals surface area contributed by atoms with Crippen molar-refractivity contribution in [3.05, 3.63) is 42.5 Å². The van der Waals surface area contributed by atoms with E-state index < -0.39 is 0 Å². The zero-order chi connectivity index (χ0) is 16.1. The fraction of sp³-hybridized carbons (Fsp3) is 0.375. The molecule has 0 radical (unpaired) electrons. The van der Waals surface area contributed by atoms with Gasteiger partial charge < -0.3 is 14.4 Å². The smallest absolute Gasteiger partial charge is 0.259 e. The van der Waals surface area contributed by atoms with Crippen molar-refractivity contribution in [1.82, 2.24) is 19.9 Å². The van der Waals surface area contributed by atoms with Crippen LogP contribution in [-0.4, -0.2) is 52.1 Å². The Morgan fingerprint density at radius 3 is 3.00 bits per heavy atom. The Balaban J connectivity index is 1.69. The van der Waals surface area contributed by atoms with Crippen LogP contribution in [0, 0.1) is 0 Å². The summed E-state index contributed by atoms with van der Waals surface area (Å²) in [7, 11) is 1.51. The van der Waals surface area contributed by atoms with E-state index in [0.29, 0.717) is 30.4 Å². The minimum atomic E-state index is -0.0917. The number of ether oxygens (including phenoxy) is 2. The number of rotatable bonds is 4.